The van der Waals surface area contributed by atoms with Crippen LogP contribution in [0.4, 0.5) is 13.2 Å². The van der Waals surface area contributed by atoms with E-state index >= 15 is 0 Å². The van der Waals surface area contributed by atoms with Crippen LogP contribution in [0.15, 0.2) is 0 Å². The molecular weight excluding hydrogens is 217 g/mol. The molecule has 4 nitrogen and oxygen atoms in total. The van der Waals surface area contributed by atoms with Crippen LogP contribution >= 0.6 is 0 Å². The normalized spacial score (nSPS) is 31.6. The van der Waals surface area contributed by atoms with Crippen molar-refractivity contribution in [2.24, 2.45) is 0 Å². The summed E-state index contributed by atoms with van der Waals surface area (Å²) in [7, 11) is 2.12. The Balaban J connectivity index is 3.10. The summed E-state index contributed by atoms with van der Waals surface area (Å²) in [6, 6.07) is 0. The summed E-state index contributed by atoms with van der Waals surface area (Å²) >= 11 is 0. The molecule has 0 aromatic rings. The van der Waals surface area contributed by atoms with Crippen molar-refractivity contribution in [2.45, 2.75) is 24.0 Å². The van der Waals surface area contributed by atoms with E-state index in [-0.39, 0.29) is 13.0 Å². The number of alkyl halides is 3. The number of ether oxygens (including phenoxy) is 3. The largest absolute Gasteiger partial charge is 0.424 e. The predicted molar refractivity (Wildman–Crippen MR) is 43.2 cm³/mol. The lowest BCUT2D eigenvalue weighted by Crippen LogP contribution is -2.69. The van der Waals surface area contributed by atoms with Gasteiger partial charge in [0.15, 0.2) is 0 Å². The Bertz CT molecular complexity index is 226. The lowest BCUT2D eigenvalue weighted by Gasteiger charge is -2.47. The number of hydrogen-bond donors (Lipinski definition) is 1. The minimum absolute atomic E-state index is 0.0417. The maximum Gasteiger partial charge on any atom is 0.424 e. The standard InChI is InChI=1S/C8H13F3O4/c1-13-7(14-2)3-4-15-5-6(7,12)8(9,10)11/h12H,3-5H2,1-2H3. The molecule has 0 aromatic heterocycles. The van der Waals surface area contributed by atoms with Gasteiger partial charge < -0.3 is 19.3 Å². The smallest absolute Gasteiger partial charge is 0.378 e. The fourth-order valence-corrected chi connectivity index (χ4v) is 1.67. The zero-order chi connectivity index (χ0) is 11.7. The molecule has 15 heavy (non-hydrogen) atoms. The SMILES string of the molecule is COC1(OC)CCOCC1(O)C(F)(F)F. The summed E-state index contributed by atoms with van der Waals surface area (Å²) in [6.45, 7) is -0.849. The molecule has 0 aliphatic carbocycles. The molecule has 1 unspecified atom stereocenters. The van der Waals surface area contributed by atoms with Crippen molar-refractivity contribution in [2.75, 3.05) is 27.4 Å². The fourth-order valence-electron chi connectivity index (χ4n) is 1.67. The highest BCUT2D eigenvalue weighted by atomic mass is 19.4. The quantitative estimate of drug-likeness (QED) is 0.709. The molecular formula is C8H13F3O4. The highest BCUT2D eigenvalue weighted by molar-refractivity contribution is 5.02. The Labute approximate surface area is 84.9 Å². The molecule has 0 spiro atoms. The highest BCUT2D eigenvalue weighted by Crippen LogP contribution is 2.45. The van der Waals surface area contributed by atoms with Crippen LogP contribution in [-0.4, -0.2) is 50.1 Å². The van der Waals surface area contributed by atoms with Gasteiger partial charge in [-0.2, -0.15) is 13.2 Å². The molecule has 90 valence electrons. The molecule has 0 aromatic carbocycles. The van der Waals surface area contributed by atoms with Crippen molar-refractivity contribution < 1.29 is 32.5 Å². The predicted octanol–water partition coefficient (Wildman–Crippen LogP) is 0.689. The van der Waals surface area contributed by atoms with Crippen LogP contribution in [0.1, 0.15) is 6.42 Å². The van der Waals surface area contributed by atoms with Crippen LogP contribution in [0.25, 0.3) is 0 Å². The molecule has 0 saturated carbocycles. The first-order valence-corrected chi connectivity index (χ1v) is 4.30. The van der Waals surface area contributed by atoms with E-state index in [9.17, 15) is 18.3 Å². The van der Waals surface area contributed by atoms with Crippen molar-refractivity contribution in [3.63, 3.8) is 0 Å². The minimum Gasteiger partial charge on any atom is -0.378 e. The molecule has 1 heterocycles. The number of methoxy groups -OCH3 is 2. The highest BCUT2D eigenvalue weighted by Gasteiger charge is 2.69. The fraction of sp³-hybridized carbons (Fsp3) is 1.00. The lowest BCUT2D eigenvalue weighted by molar-refractivity contribution is -0.411. The second-order valence-electron chi connectivity index (χ2n) is 3.32. The molecule has 1 rings (SSSR count). The van der Waals surface area contributed by atoms with Gasteiger partial charge in [0.25, 0.3) is 0 Å². The number of aliphatic hydroxyl groups is 1. The number of halogens is 3. The van der Waals surface area contributed by atoms with Crippen LogP contribution in [0.3, 0.4) is 0 Å². The van der Waals surface area contributed by atoms with Gasteiger partial charge in [0.2, 0.25) is 11.4 Å². The zero-order valence-electron chi connectivity index (χ0n) is 8.43. The van der Waals surface area contributed by atoms with Gasteiger partial charge >= 0.3 is 6.18 Å². The van der Waals surface area contributed by atoms with Crippen molar-refractivity contribution in [1.29, 1.82) is 0 Å². The summed E-state index contributed by atoms with van der Waals surface area (Å²) in [5.41, 5.74) is -3.14. The summed E-state index contributed by atoms with van der Waals surface area (Å²) in [5, 5.41) is 9.62. The Morgan fingerprint density at radius 1 is 1.27 bits per heavy atom. The number of rotatable bonds is 2. The van der Waals surface area contributed by atoms with Gasteiger partial charge in [-0.3, -0.25) is 0 Å². The van der Waals surface area contributed by atoms with Crippen LogP contribution in [0, 0.1) is 0 Å². The first-order chi connectivity index (χ1) is 6.83. The summed E-state index contributed by atoms with van der Waals surface area (Å²) in [6.07, 6.45) is -5.06. The Morgan fingerprint density at radius 3 is 2.13 bits per heavy atom. The van der Waals surface area contributed by atoms with Gasteiger partial charge in [0.05, 0.1) is 13.2 Å². The van der Waals surface area contributed by atoms with Gasteiger partial charge in [-0.25, -0.2) is 0 Å². The maximum atomic E-state index is 12.7. The van der Waals surface area contributed by atoms with E-state index < -0.39 is 24.2 Å². The van der Waals surface area contributed by atoms with Crippen molar-refractivity contribution in [1.82, 2.24) is 0 Å². The molecule has 1 aliphatic rings. The van der Waals surface area contributed by atoms with Gasteiger partial charge in [0.1, 0.15) is 0 Å². The van der Waals surface area contributed by atoms with E-state index in [2.05, 4.69) is 4.74 Å². The Morgan fingerprint density at radius 2 is 1.80 bits per heavy atom. The maximum absolute atomic E-state index is 12.7. The van der Waals surface area contributed by atoms with E-state index in [4.69, 9.17) is 9.47 Å². The monoisotopic (exact) mass is 230 g/mol. The molecule has 7 heteroatoms. The van der Waals surface area contributed by atoms with Crippen LogP contribution < -0.4 is 0 Å². The average Bonchev–Trinajstić information content (AvgIpc) is 2.17. The molecule has 0 radical (unpaired) electrons. The summed E-state index contributed by atoms with van der Waals surface area (Å²) in [5.74, 6) is -2.09. The van der Waals surface area contributed by atoms with Gasteiger partial charge in [-0.05, 0) is 0 Å². The number of hydrogen-bond acceptors (Lipinski definition) is 4. The zero-order valence-corrected chi connectivity index (χ0v) is 8.43. The van der Waals surface area contributed by atoms with E-state index in [1.54, 1.807) is 0 Å². The van der Waals surface area contributed by atoms with Crippen LogP contribution in [-0.2, 0) is 14.2 Å². The third-order valence-corrected chi connectivity index (χ3v) is 2.65. The third-order valence-electron chi connectivity index (χ3n) is 2.65. The van der Waals surface area contributed by atoms with E-state index in [1.165, 1.54) is 0 Å². The van der Waals surface area contributed by atoms with E-state index in [1.807, 2.05) is 0 Å². The minimum atomic E-state index is -4.88. The molecule has 1 N–H and O–H groups in total. The first-order valence-electron chi connectivity index (χ1n) is 4.30. The van der Waals surface area contributed by atoms with Crippen molar-refractivity contribution in [3.8, 4) is 0 Å². The topological polar surface area (TPSA) is 47.9 Å². The summed E-state index contributed by atoms with van der Waals surface area (Å²) in [4.78, 5) is 0. The van der Waals surface area contributed by atoms with Gasteiger partial charge in [-0.1, -0.05) is 0 Å². The first kappa shape index (κ1) is 12.7. The summed E-state index contributed by atoms with van der Waals surface area (Å²) < 4.78 is 52.1. The van der Waals surface area contributed by atoms with E-state index in [0.29, 0.717) is 0 Å². The molecule has 0 bridgehead atoms. The van der Waals surface area contributed by atoms with Crippen LogP contribution in [0.5, 0.6) is 0 Å². The molecule has 1 saturated heterocycles. The third kappa shape index (κ3) is 1.73. The lowest BCUT2D eigenvalue weighted by atomic mass is 9.88. The van der Waals surface area contributed by atoms with Crippen molar-refractivity contribution >= 4 is 0 Å². The average molecular weight is 230 g/mol. The van der Waals surface area contributed by atoms with Crippen molar-refractivity contribution in [3.05, 3.63) is 0 Å². The van der Waals surface area contributed by atoms with Gasteiger partial charge in [0, 0.05) is 20.6 Å². The molecule has 1 fully saturated rings. The molecule has 1 atom stereocenters. The molecule has 1 aliphatic heterocycles. The Hall–Kier alpha value is -0.370. The second-order valence-corrected chi connectivity index (χ2v) is 3.32. The second kappa shape index (κ2) is 3.89. The molecule has 0 amide bonds. The van der Waals surface area contributed by atoms with E-state index in [0.717, 1.165) is 14.2 Å². The Kier molecular flexibility index (Phi) is 3.30. The van der Waals surface area contributed by atoms with Crippen LogP contribution in [0.2, 0.25) is 0 Å². The van der Waals surface area contributed by atoms with Gasteiger partial charge in [-0.15, -0.1) is 0 Å².